The van der Waals surface area contributed by atoms with E-state index in [1.54, 1.807) is 6.21 Å². The zero-order valence-electron chi connectivity index (χ0n) is 8.94. The number of H-pyrrole nitrogens is 1. The molecule has 5 N–H and O–H groups in total. The summed E-state index contributed by atoms with van der Waals surface area (Å²) >= 11 is 0. The topological polar surface area (TPSA) is 92.5 Å². The number of fused-ring (bicyclic) bond motifs is 1. The van der Waals surface area contributed by atoms with Crippen molar-refractivity contribution in [1.29, 1.82) is 0 Å². The van der Waals surface area contributed by atoms with E-state index in [0.29, 0.717) is 0 Å². The van der Waals surface area contributed by atoms with Gasteiger partial charge in [-0.25, -0.2) is 0 Å². The molecule has 0 amide bonds. The van der Waals surface area contributed by atoms with Crippen molar-refractivity contribution in [2.75, 3.05) is 0 Å². The van der Waals surface area contributed by atoms with Gasteiger partial charge in [0.1, 0.15) is 0 Å². The summed E-state index contributed by atoms with van der Waals surface area (Å²) in [4.78, 5) is 3.25. The van der Waals surface area contributed by atoms with Crippen molar-refractivity contribution in [1.82, 2.24) is 4.98 Å². The highest BCUT2D eigenvalue weighted by Crippen LogP contribution is 2.18. The first-order valence-electron chi connectivity index (χ1n) is 4.87. The lowest BCUT2D eigenvalue weighted by Crippen LogP contribution is -2.21. The van der Waals surface area contributed by atoms with E-state index in [0.717, 1.165) is 22.2 Å². The minimum absolute atomic E-state index is 0.0475. The Labute approximate surface area is 92.9 Å². The maximum Gasteiger partial charge on any atom is 0.211 e. The van der Waals surface area contributed by atoms with Crippen LogP contribution in [0.25, 0.3) is 10.9 Å². The van der Waals surface area contributed by atoms with Crippen LogP contribution in [0.15, 0.2) is 34.5 Å². The lowest BCUT2D eigenvalue weighted by Gasteiger charge is -1.94. The SMILES string of the molecule is Cc1cc2c(C=NN=C(N)N)cccc2[nH]1. The molecular weight excluding hydrogens is 202 g/mol. The van der Waals surface area contributed by atoms with E-state index in [1.807, 2.05) is 25.1 Å². The standard InChI is InChI=1S/C11H13N5/c1-7-5-9-8(6-14-16-11(12)13)3-2-4-10(9)15-7/h2-6,15H,1H3,(H4,12,13,16). The molecule has 0 bridgehead atoms. The second kappa shape index (κ2) is 4.06. The van der Waals surface area contributed by atoms with E-state index >= 15 is 0 Å². The number of rotatable bonds is 2. The molecule has 1 aromatic heterocycles. The molecule has 0 radical (unpaired) electrons. The van der Waals surface area contributed by atoms with Crippen molar-refractivity contribution in [2.45, 2.75) is 6.92 Å². The average molecular weight is 215 g/mol. The Morgan fingerprint density at radius 1 is 1.38 bits per heavy atom. The molecule has 16 heavy (non-hydrogen) atoms. The number of hydrogen-bond donors (Lipinski definition) is 3. The summed E-state index contributed by atoms with van der Waals surface area (Å²) in [6, 6.07) is 7.99. The maximum absolute atomic E-state index is 5.18. The molecule has 0 saturated heterocycles. The van der Waals surface area contributed by atoms with Crippen molar-refractivity contribution in [3.8, 4) is 0 Å². The number of aromatic amines is 1. The zero-order chi connectivity index (χ0) is 11.5. The highest BCUT2D eigenvalue weighted by molar-refractivity contribution is 5.99. The predicted octanol–water partition coefficient (Wildman–Crippen LogP) is 1.08. The normalized spacial score (nSPS) is 11.1. The van der Waals surface area contributed by atoms with Gasteiger partial charge < -0.3 is 16.5 Å². The van der Waals surface area contributed by atoms with E-state index in [2.05, 4.69) is 21.3 Å². The second-order valence-electron chi connectivity index (χ2n) is 3.53. The summed E-state index contributed by atoms with van der Waals surface area (Å²) in [7, 11) is 0. The number of hydrogen-bond acceptors (Lipinski definition) is 2. The van der Waals surface area contributed by atoms with Gasteiger partial charge in [0.25, 0.3) is 0 Å². The lowest BCUT2D eigenvalue weighted by atomic mass is 10.1. The van der Waals surface area contributed by atoms with Gasteiger partial charge in [-0.15, -0.1) is 5.10 Å². The lowest BCUT2D eigenvalue weighted by molar-refractivity contribution is 1.22. The smallest absolute Gasteiger partial charge is 0.211 e. The summed E-state index contributed by atoms with van der Waals surface area (Å²) in [6.07, 6.45) is 1.63. The number of benzene rings is 1. The number of nitrogens with one attached hydrogen (secondary N) is 1. The third-order valence-corrected chi connectivity index (χ3v) is 2.20. The van der Waals surface area contributed by atoms with Gasteiger partial charge in [-0.1, -0.05) is 12.1 Å². The highest BCUT2D eigenvalue weighted by Gasteiger charge is 2.00. The van der Waals surface area contributed by atoms with Crippen LogP contribution in [0.5, 0.6) is 0 Å². The molecule has 0 spiro atoms. The fourth-order valence-electron chi connectivity index (χ4n) is 1.59. The van der Waals surface area contributed by atoms with Gasteiger partial charge in [0, 0.05) is 22.2 Å². The number of nitrogens with two attached hydrogens (primary N) is 2. The molecule has 0 aliphatic rings. The largest absolute Gasteiger partial charge is 0.369 e. The van der Waals surface area contributed by atoms with Gasteiger partial charge in [0.05, 0.1) is 6.21 Å². The van der Waals surface area contributed by atoms with Crippen LogP contribution in [-0.2, 0) is 0 Å². The van der Waals surface area contributed by atoms with Gasteiger partial charge in [-0.05, 0) is 19.1 Å². The van der Waals surface area contributed by atoms with Crippen molar-refractivity contribution in [3.05, 3.63) is 35.5 Å². The molecule has 2 aromatic rings. The molecule has 0 aliphatic heterocycles. The number of guanidine groups is 1. The second-order valence-corrected chi connectivity index (χ2v) is 3.53. The van der Waals surface area contributed by atoms with Crippen LogP contribution in [0, 0.1) is 6.92 Å². The van der Waals surface area contributed by atoms with Crippen LogP contribution in [-0.4, -0.2) is 17.2 Å². The molecule has 2 rings (SSSR count). The van der Waals surface area contributed by atoms with Gasteiger partial charge >= 0.3 is 0 Å². The predicted molar refractivity (Wildman–Crippen MR) is 66.4 cm³/mol. The van der Waals surface area contributed by atoms with E-state index in [1.165, 1.54) is 0 Å². The highest BCUT2D eigenvalue weighted by atomic mass is 15.3. The molecular formula is C11H13N5. The third-order valence-electron chi connectivity index (χ3n) is 2.20. The Hall–Kier alpha value is -2.30. The monoisotopic (exact) mass is 215 g/mol. The van der Waals surface area contributed by atoms with Crippen molar-refractivity contribution >= 4 is 23.1 Å². The molecule has 0 fully saturated rings. The Kier molecular flexibility index (Phi) is 2.59. The number of aryl methyl sites for hydroxylation is 1. The first kappa shape index (κ1) is 10.2. The fraction of sp³-hybridized carbons (Fsp3) is 0.0909. The zero-order valence-corrected chi connectivity index (χ0v) is 8.94. The molecule has 1 aromatic carbocycles. The van der Waals surface area contributed by atoms with E-state index in [4.69, 9.17) is 11.5 Å². The maximum atomic E-state index is 5.18. The van der Waals surface area contributed by atoms with Gasteiger partial charge in [-0.3, -0.25) is 0 Å². The third kappa shape index (κ3) is 2.03. The number of aromatic nitrogens is 1. The number of nitrogens with zero attached hydrogens (tertiary/aromatic N) is 2. The quantitative estimate of drug-likeness (QED) is 0.397. The molecule has 0 unspecified atom stereocenters. The first-order chi connectivity index (χ1) is 7.66. The average Bonchev–Trinajstić information content (AvgIpc) is 2.58. The Morgan fingerprint density at radius 2 is 2.19 bits per heavy atom. The minimum atomic E-state index is -0.0475. The van der Waals surface area contributed by atoms with E-state index in [-0.39, 0.29) is 5.96 Å². The van der Waals surface area contributed by atoms with Crippen molar-refractivity contribution in [3.63, 3.8) is 0 Å². The minimum Gasteiger partial charge on any atom is -0.369 e. The van der Waals surface area contributed by atoms with E-state index < -0.39 is 0 Å². The molecule has 0 saturated carbocycles. The summed E-state index contributed by atoms with van der Waals surface area (Å²) in [5.74, 6) is -0.0475. The summed E-state index contributed by atoms with van der Waals surface area (Å²) in [6.45, 7) is 2.01. The molecule has 5 heteroatoms. The van der Waals surface area contributed by atoms with Crippen LogP contribution in [0.3, 0.4) is 0 Å². The van der Waals surface area contributed by atoms with Crippen LogP contribution in [0.2, 0.25) is 0 Å². The van der Waals surface area contributed by atoms with Crippen LogP contribution in [0.4, 0.5) is 0 Å². The molecule has 0 atom stereocenters. The summed E-state index contributed by atoms with van der Waals surface area (Å²) in [5.41, 5.74) is 13.5. The van der Waals surface area contributed by atoms with Crippen LogP contribution >= 0.6 is 0 Å². The van der Waals surface area contributed by atoms with Crippen LogP contribution in [0.1, 0.15) is 11.3 Å². The molecule has 5 nitrogen and oxygen atoms in total. The molecule has 82 valence electrons. The van der Waals surface area contributed by atoms with Crippen molar-refractivity contribution < 1.29 is 0 Å². The van der Waals surface area contributed by atoms with Crippen molar-refractivity contribution in [2.24, 2.45) is 21.7 Å². The first-order valence-corrected chi connectivity index (χ1v) is 4.87. The molecule has 1 heterocycles. The van der Waals surface area contributed by atoms with Gasteiger partial charge in [0.2, 0.25) is 5.96 Å². The van der Waals surface area contributed by atoms with Gasteiger partial charge in [-0.2, -0.15) is 5.10 Å². The Morgan fingerprint density at radius 3 is 2.94 bits per heavy atom. The molecule has 0 aliphatic carbocycles. The summed E-state index contributed by atoms with van der Waals surface area (Å²) in [5, 5.41) is 8.47. The fourth-order valence-corrected chi connectivity index (χ4v) is 1.59. The van der Waals surface area contributed by atoms with E-state index in [9.17, 15) is 0 Å². The Balaban J connectivity index is 2.44. The Bertz CT molecular complexity index is 561. The van der Waals surface area contributed by atoms with Crippen LogP contribution < -0.4 is 11.5 Å². The summed E-state index contributed by atoms with van der Waals surface area (Å²) < 4.78 is 0. The van der Waals surface area contributed by atoms with Gasteiger partial charge in [0.15, 0.2) is 0 Å².